The van der Waals surface area contributed by atoms with Gasteiger partial charge >= 0.3 is 0 Å². The van der Waals surface area contributed by atoms with E-state index in [4.69, 9.17) is 11.6 Å². The maximum Gasteiger partial charge on any atom is 0.226 e. The van der Waals surface area contributed by atoms with Gasteiger partial charge in [0.2, 0.25) is 5.91 Å². The molecular weight excluding hydrogens is 460 g/mol. The highest BCUT2D eigenvalue weighted by Gasteiger charge is 2.32. The van der Waals surface area contributed by atoms with Crippen LogP contribution in [0.1, 0.15) is 62.1 Å². The molecule has 8 heteroatoms. The van der Waals surface area contributed by atoms with Crippen molar-refractivity contribution in [2.24, 2.45) is 5.92 Å². The standard InChI is InChI=1S/C25H37ClN2O4S/c1-18-16-27(10-11-28(18)25(30)20-7-5-4-6-8-20)17-22-14-23(26)13-21(19(22)2)15-24(29)9-12-33(3,31)32/h13-14,18,20H,4-12,15-17H2,1-3H3/t18-/m0/s1. The molecule has 1 aromatic rings. The molecule has 0 unspecified atom stereocenters. The molecule has 0 N–H and O–H groups in total. The third-order valence-corrected chi connectivity index (χ3v) is 8.23. The predicted molar refractivity (Wildman–Crippen MR) is 132 cm³/mol. The van der Waals surface area contributed by atoms with Crippen LogP contribution in [0.15, 0.2) is 12.1 Å². The molecule has 1 amide bonds. The quantitative estimate of drug-likeness (QED) is 0.547. The van der Waals surface area contributed by atoms with Gasteiger partial charge in [-0.25, -0.2) is 8.42 Å². The van der Waals surface area contributed by atoms with Crippen molar-refractivity contribution >= 4 is 33.1 Å². The first-order valence-corrected chi connectivity index (χ1v) is 14.5. The van der Waals surface area contributed by atoms with Crippen molar-refractivity contribution in [1.29, 1.82) is 0 Å². The van der Waals surface area contributed by atoms with Gasteiger partial charge in [0, 0.05) is 62.3 Å². The first kappa shape index (κ1) is 26.2. The van der Waals surface area contributed by atoms with Crippen LogP contribution in [0.5, 0.6) is 0 Å². The van der Waals surface area contributed by atoms with Gasteiger partial charge < -0.3 is 4.90 Å². The average molecular weight is 497 g/mol. The number of hydrogen-bond acceptors (Lipinski definition) is 5. The zero-order valence-electron chi connectivity index (χ0n) is 20.1. The van der Waals surface area contributed by atoms with Crippen molar-refractivity contribution in [3.63, 3.8) is 0 Å². The van der Waals surface area contributed by atoms with Crippen molar-refractivity contribution < 1.29 is 18.0 Å². The second-order valence-corrected chi connectivity index (χ2v) is 12.6. The SMILES string of the molecule is Cc1c(CC(=O)CCS(C)(=O)=O)cc(Cl)cc1CN1CCN(C(=O)C2CCCCC2)[C@@H](C)C1. The Morgan fingerprint density at radius 1 is 1.09 bits per heavy atom. The van der Waals surface area contributed by atoms with E-state index < -0.39 is 9.84 Å². The minimum atomic E-state index is -3.16. The number of nitrogens with zero attached hydrogens (tertiary/aromatic N) is 2. The molecule has 1 heterocycles. The number of hydrogen-bond donors (Lipinski definition) is 0. The van der Waals surface area contributed by atoms with Crippen LogP contribution in [0.25, 0.3) is 0 Å². The van der Waals surface area contributed by atoms with Gasteiger partial charge in [-0.2, -0.15) is 0 Å². The molecule has 1 saturated carbocycles. The Morgan fingerprint density at radius 3 is 2.39 bits per heavy atom. The van der Waals surface area contributed by atoms with Gasteiger partial charge in [-0.1, -0.05) is 30.9 Å². The third-order valence-electron chi connectivity index (χ3n) is 7.07. The summed E-state index contributed by atoms with van der Waals surface area (Å²) in [6, 6.07) is 3.93. The molecule has 1 aromatic carbocycles. The lowest BCUT2D eigenvalue weighted by Gasteiger charge is -2.42. The summed E-state index contributed by atoms with van der Waals surface area (Å²) in [6.45, 7) is 7.21. The van der Waals surface area contributed by atoms with E-state index in [0.29, 0.717) is 17.5 Å². The van der Waals surface area contributed by atoms with Gasteiger partial charge in [0.05, 0.1) is 5.75 Å². The van der Waals surface area contributed by atoms with Crippen LogP contribution < -0.4 is 0 Å². The van der Waals surface area contributed by atoms with Gasteiger partial charge in [-0.05, 0) is 55.5 Å². The zero-order chi connectivity index (χ0) is 24.2. The molecular formula is C25H37ClN2O4S. The molecule has 2 aliphatic rings. The summed E-state index contributed by atoms with van der Waals surface area (Å²) in [5.74, 6) is 0.307. The Hall–Kier alpha value is -1.44. The highest BCUT2D eigenvalue weighted by Crippen LogP contribution is 2.28. The summed E-state index contributed by atoms with van der Waals surface area (Å²) in [5, 5.41) is 0.584. The highest BCUT2D eigenvalue weighted by atomic mass is 35.5. The summed E-state index contributed by atoms with van der Waals surface area (Å²) in [5.41, 5.74) is 2.96. The summed E-state index contributed by atoms with van der Waals surface area (Å²) in [7, 11) is -3.16. The Kier molecular flexibility index (Phi) is 8.98. The largest absolute Gasteiger partial charge is 0.337 e. The van der Waals surface area contributed by atoms with E-state index in [1.165, 1.54) is 6.42 Å². The van der Waals surface area contributed by atoms with Gasteiger partial charge in [0.15, 0.2) is 0 Å². The van der Waals surface area contributed by atoms with Gasteiger partial charge in [0.25, 0.3) is 0 Å². The van der Waals surface area contributed by atoms with Gasteiger partial charge in [-0.15, -0.1) is 0 Å². The first-order valence-electron chi connectivity index (χ1n) is 12.0. The minimum absolute atomic E-state index is 0.0224. The fourth-order valence-corrected chi connectivity index (χ4v) is 5.94. The van der Waals surface area contributed by atoms with Gasteiger partial charge in [-0.3, -0.25) is 14.5 Å². The summed E-state index contributed by atoms with van der Waals surface area (Å²) < 4.78 is 22.7. The Bertz CT molecular complexity index is 973. The summed E-state index contributed by atoms with van der Waals surface area (Å²) in [4.78, 5) is 29.8. The molecule has 0 radical (unpaired) electrons. The van der Waals surface area contributed by atoms with Crippen LogP contribution in [0.4, 0.5) is 0 Å². The number of piperazine rings is 1. The fraction of sp³-hybridized carbons (Fsp3) is 0.680. The lowest BCUT2D eigenvalue weighted by molar-refractivity contribution is -0.141. The molecule has 33 heavy (non-hydrogen) atoms. The molecule has 1 saturated heterocycles. The van der Waals surface area contributed by atoms with Crippen LogP contribution in [0.3, 0.4) is 0 Å². The second-order valence-electron chi connectivity index (χ2n) is 9.90. The lowest BCUT2D eigenvalue weighted by Crippen LogP contribution is -2.55. The Morgan fingerprint density at radius 2 is 1.76 bits per heavy atom. The number of Topliss-reactive ketones (excluding diaryl/α,β-unsaturated/α-hetero) is 1. The molecule has 2 fully saturated rings. The average Bonchev–Trinajstić information content (AvgIpc) is 2.75. The second kappa shape index (κ2) is 11.3. The predicted octanol–water partition coefficient (Wildman–Crippen LogP) is 3.81. The normalized spacial score (nSPS) is 20.7. The molecule has 0 aromatic heterocycles. The smallest absolute Gasteiger partial charge is 0.226 e. The van der Waals surface area contributed by atoms with Crippen molar-refractivity contribution in [1.82, 2.24) is 9.80 Å². The van der Waals surface area contributed by atoms with E-state index in [-0.39, 0.29) is 36.3 Å². The minimum Gasteiger partial charge on any atom is -0.337 e. The summed E-state index contributed by atoms with van der Waals surface area (Å²) >= 11 is 6.37. The molecule has 6 nitrogen and oxygen atoms in total. The van der Waals surface area contributed by atoms with E-state index in [2.05, 4.69) is 16.7 Å². The van der Waals surface area contributed by atoms with Crippen molar-refractivity contribution in [2.75, 3.05) is 31.6 Å². The number of halogens is 1. The van der Waals surface area contributed by atoms with Crippen LogP contribution in [0.2, 0.25) is 5.02 Å². The van der Waals surface area contributed by atoms with Crippen molar-refractivity contribution in [2.45, 2.75) is 71.4 Å². The number of benzene rings is 1. The van der Waals surface area contributed by atoms with Crippen LogP contribution in [0, 0.1) is 12.8 Å². The zero-order valence-corrected chi connectivity index (χ0v) is 21.7. The molecule has 184 valence electrons. The maximum atomic E-state index is 13.0. The third kappa shape index (κ3) is 7.52. The van der Waals surface area contributed by atoms with Crippen LogP contribution in [-0.2, 0) is 32.4 Å². The number of amides is 1. The highest BCUT2D eigenvalue weighted by molar-refractivity contribution is 7.90. The number of ketones is 1. The fourth-order valence-electron chi connectivity index (χ4n) is 5.07. The molecule has 0 spiro atoms. The van der Waals surface area contributed by atoms with Crippen molar-refractivity contribution in [3.05, 3.63) is 33.8 Å². The Labute approximate surface area is 203 Å². The molecule has 1 aliphatic carbocycles. The topological polar surface area (TPSA) is 74.8 Å². The Balaban J connectivity index is 1.61. The molecule has 0 bridgehead atoms. The summed E-state index contributed by atoms with van der Waals surface area (Å²) in [6.07, 6.45) is 6.99. The first-order chi connectivity index (χ1) is 15.5. The van der Waals surface area contributed by atoms with Gasteiger partial charge in [0.1, 0.15) is 15.6 Å². The van der Waals surface area contributed by atoms with E-state index in [1.54, 1.807) is 0 Å². The molecule has 3 rings (SSSR count). The monoisotopic (exact) mass is 496 g/mol. The van der Waals surface area contributed by atoms with Crippen molar-refractivity contribution in [3.8, 4) is 0 Å². The number of rotatable bonds is 8. The maximum absolute atomic E-state index is 13.0. The van der Waals surface area contributed by atoms with E-state index in [0.717, 1.165) is 68.3 Å². The van der Waals surface area contributed by atoms with E-state index in [1.807, 2.05) is 19.1 Å². The lowest BCUT2D eigenvalue weighted by atomic mass is 9.87. The van der Waals surface area contributed by atoms with Crippen LogP contribution in [-0.4, -0.2) is 67.6 Å². The molecule has 1 aliphatic heterocycles. The number of carbonyl (C=O) groups is 2. The molecule has 1 atom stereocenters. The van der Waals surface area contributed by atoms with E-state index >= 15 is 0 Å². The van der Waals surface area contributed by atoms with Crippen LogP contribution >= 0.6 is 11.6 Å². The number of carbonyl (C=O) groups excluding carboxylic acids is 2. The van der Waals surface area contributed by atoms with E-state index in [9.17, 15) is 18.0 Å². The number of sulfone groups is 1.